The van der Waals surface area contributed by atoms with Crippen molar-refractivity contribution in [3.05, 3.63) is 95.3 Å². The van der Waals surface area contributed by atoms with Crippen molar-refractivity contribution < 1.29 is 23.1 Å². The Labute approximate surface area is 212 Å². The smallest absolute Gasteiger partial charge is 0.267 e. The molecule has 192 valence electrons. The Bertz CT molecular complexity index is 1380. The summed E-state index contributed by atoms with van der Waals surface area (Å²) in [5.74, 6) is -1.23. The Kier molecular flexibility index (Phi) is 7.27. The average Bonchev–Trinajstić information content (AvgIpc) is 3.56. The largest absolute Gasteiger partial charge is 0.376 e. The van der Waals surface area contributed by atoms with Crippen molar-refractivity contribution in [1.29, 1.82) is 0 Å². The van der Waals surface area contributed by atoms with Gasteiger partial charge >= 0.3 is 0 Å². The van der Waals surface area contributed by atoms with Crippen LogP contribution in [0, 0.1) is 11.6 Å². The summed E-state index contributed by atoms with van der Waals surface area (Å²) in [5, 5.41) is 3.09. The molecule has 1 fully saturated rings. The Hall–Kier alpha value is -4.05. The number of likely N-dealkylation sites (tertiary alicyclic amines) is 1. The summed E-state index contributed by atoms with van der Waals surface area (Å²) in [6, 6.07) is 10.0. The van der Waals surface area contributed by atoms with Crippen LogP contribution in [0.25, 0.3) is 5.52 Å². The summed E-state index contributed by atoms with van der Waals surface area (Å²) in [5.41, 5.74) is 4.12. The number of H-pyrrole nitrogens is 1. The van der Waals surface area contributed by atoms with Crippen LogP contribution in [-0.2, 0) is 17.8 Å². The quantitative estimate of drug-likeness (QED) is 0.442. The third kappa shape index (κ3) is 5.69. The molecule has 37 heavy (non-hydrogen) atoms. The molecule has 1 aromatic carbocycles. The predicted molar refractivity (Wildman–Crippen MR) is 132 cm³/mol. The number of nitrogens with zero attached hydrogens (tertiary/aromatic N) is 3. The number of hydrogen-bond donors (Lipinski definition) is 2. The summed E-state index contributed by atoms with van der Waals surface area (Å²) in [6.07, 6.45) is 7.78. The molecule has 6 rings (SSSR count). The maximum atomic E-state index is 13.1. The molecule has 0 radical (unpaired) electrons. The number of halogens is 2. The Balaban J connectivity index is 0.000000301. The molecule has 1 unspecified atom stereocenters. The minimum Gasteiger partial charge on any atom is -0.376 e. The highest BCUT2D eigenvalue weighted by molar-refractivity contribution is 6.00. The standard InChI is InChI=1S/C21H23N5O3.C6H4F2/c27-20(18-9-14-12-29-8-5-17(14)24-18)23-15-3-1-6-25(11-15)21(28)16-4-2-7-26-13-22-10-19(16)26;7-5-2-1-3-6(8)4-5/h2,4,7,9-10,13,15,24H,1,3,5-6,8,11-12H2,(H,23,27);1-4H. The number of rotatable bonds is 3. The van der Waals surface area contributed by atoms with Crippen molar-refractivity contribution in [2.75, 3.05) is 19.7 Å². The molecule has 0 aliphatic carbocycles. The van der Waals surface area contributed by atoms with E-state index >= 15 is 0 Å². The Morgan fingerprint density at radius 1 is 1.14 bits per heavy atom. The number of imidazole rings is 1. The minimum absolute atomic E-state index is 0.0254. The lowest BCUT2D eigenvalue weighted by Gasteiger charge is -2.33. The van der Waals surface area contributed by atoms with E-state index in [0.29, 0.717) is 37.6 Å². The third-order valence-electron chi connectivity index (χ3n) is 6.50. The summed E-state index contributed by atoms with van der Waals surface area (Å²) < 4.78 is 31.1. The zero-order valence-corrected chi connectivity index (χ0v) is 20.1. The first-order valence-corrected chi connectivity index (χ1v) is 12.2. The number of ether oxygens (including phenoxy) is 1. The molecular weight excluding hydrogens is 480 g/mol. The van der Waals surface area contributed by atoms with E-state index in [1.165, 1.54) is 18.2 Å². The number of carbonyl (C=O) groups is 2. The second kappa shape index (κ2) is 10.9. The van der Waals surface area contributed by atoms with Crippen molar-refractivity contribution in [2.45, 2.75) is 31.9 Å². The van der Waals surface area contributed by atoms with E-state index in [2.05, 4.69) is 15.3 Å². The van der Waals surface area contributed by atoms with E-state index in [-0.39, 0.29) is 17.9 Å². The summed E-state index contributed by atoms with van der Waals surface area (Å²) in [4.78, 5) is 35.0. The lowest BCUT2D eigenvalue weighted by molar-refractivity contribution is 0.0677. The summed E-state index contributed by atoms with van der Waals surface area (Å²) in [7, 11) is 0. The number of benzene rings is 1. The van der Waals surface area contributed by atoms with Crippen molar-refractivity contribution in [3.63, 3.8) is 0 Å². The van der Waals surface area contributed by atoms with Gasteiger partial charge in [-0.3, -0.25) is 9.59 Å². The number of carbonyl (C=O) groups excluding carboxylic acids is 2. The minimum atomic E-state index is -0.537. The van der Waals surface area contributed by atoms with Gasteiger partial charge < -0.3 is 24.3 Å². The molecule has 4 aromatic rings. The van der Waals surface area contributed by atoms with Gasteiger partial charge in [0.2, 0.25) is 0 Å². The Morgan fingerprint density at radius 3 is 2.73 bits per heavy atom. The predicted octanol–water partition coefficient (Wildman–Crippen LogP) is 3.73. The number of amides is 2. The number of aromatic nitrogens is 3. The van der Waals surface area contributed by atoms with Gasteiger partial charge in [0.1, 0.15) is 17.3 Å². The van der Waals surface area contributed by atoms with Crippen LogP contribution in [0.3, 0.4) is 0 Å². The molecule has 5 heterocycles. The number of piperidine rings is 1. The molecule has 8 nitrogen and oxygen atoms in total. The van der Waals surface area contributed by atoms with Gasteiger partial charge in [0.15, 0.2) is 0 Å². The van der Waals surface area contributed by atoms with Crippen molar-refractivity contribution in [3.8, 4) is 0 Å². The van der Waals surface area contributed by atoms with Crippen LogP contribution in [0.15, 0.2) is 61.2 Å². The first kappa shape index (κ1) is 24.6. The van der Waals surface area contributed by atoms with Gasteiger partial charge in [0.25, 0.3) is 11.8 Å². The van der Waals surface area contributed by atoms with Gasteiger partial charge in [-0.2, -0.15) is 0 Å². The van der Waals surface area contributed by atoms with Crippen molar-refractivity contribution in [1.82, 2.24) is 24.6 Å². The van der Waals surface area contributed by atoms with E-state index in [1.54, 1.807) is 12.5 Å². The summed E-state index contributed by atoms with van der Waals surface area (Å²) >= 11 is 0. The van der Waals surface area contributed by atoms with Crippen LogP contribution in [0.4, 0.5) is 8.78 Å². The van der Waals surface area contributed by atoms with E-state index in [1.807, 2.05) is 33.7 Å². The number of nitrogens with one attached hydrogen (secondary N) is 2. The molecule has 2 aliphatic heterocycles. The molecule has 2 amide bonds. The molecule has 3 aromatic heterocycles. The number of aromatic amines is 1. The van der Waals surface area contributed by atoms with E-state index in [9.17, 15) is 18.4 Å². The second-order valence-corrected chi connectivity index (χ2v) is 9.10. The molecule has 0 bridgehead atoms. The van der Waals surface area contributed by atoms with Gasteiger partial charge in [0.05, 0.1) is 36.8 Å². The molecular formula is C27H27F2N5O3. The molecule has 0 spiro atoms. The first-order chi connectivity index (χ1) is 18.0. The normalized spacial score (nSPS) is 17.0. The van der Waals surface area contributed by atoms with Gasteiger partial charge in [-0.25, -0.2) is 13.8 Å². The fraction of sp³-hybridized carbons (Fsp3) is 0.296. The average molecular weight is 508 g/mol. The van der Waals surface area contributed by atoms with Crippen molar-refractivity contribution >= 4 is 17.3 Å². The fourth-order valence-electron chi connectivity index (χ4n) is 4.67. The number of pyridine rings is 1. The zero-order chi connectivity index (χ0) is 25.8. The maximum absolute atomic E-state index is 13.1. The summed E-state index contributed by atoms with van der Waals surface area (Å²) in [6.45, 7) is 2.42. The van der Waals surface area contributed by atoms with E-state index in [4.69, 9.17) is 4.74 Å². The molecule has 10 heteroatoms. The van der Waals surface area contributed by atoms with E-state index in [0.717, 1.165) is 42.1 Å². The molecule has 2 aliphatic rings. The fourth-order valence-corrected chi connectivity index (χ4v) is 4.67. The highest BCUT2D eigenvalue weighted by atomic mass is 19.1. The maximum Gasteiger partial charge on any atom is 0.267 e. The topological polar surface area (TPSA) is 91.7 Å². The van der Waals surface area contributed by atoms with Crippen LogP contribution in [0.1, 0.15) is 44.9 Å². The molecule has 1 saturated heterocycles. The van der Waals surface area contributed by atoms with Crippen LogP contribution in [-0.4, -0.2) is 56.8 Å². The third-order valence-corrected chi connectivity index (χ3v) is 6.50. The molecule has 0 saturated carbocycles. The van der Waals surface area contributed by atoms with Gasteiger partial charge in [0, 0.05) is 43.5 Å². The zero-order valence-electron chi connectivity index (χ0n) is 20.1. The monoisotopic (exact) mass is 507 g/mol. The van der Waals surface area contributed by atoms with Crippen molar-refractivity contribution in [2.24, 2.45) is 0 Å². The van der Waals surface area contributed by atoms with Gasteiger partial charge in [-0.05, 0) is 48.7 Å². The highest BCUT2D eigenvalue weighted by Crippen LogP contribution is 2.20. The van der Waals surface area contributed by atoms with Crippen LogP contribution in [0.2, 0.25) is 0 Å². The number of fused-ring (bicyclic) bond motifs is 2. The lowest BCUT2D eigenvalue weighted by atomic mass is 10.0. The molecule has 1 atom stereocenters. The van der Waals surface area contributed by atoms with Crippen LogP contribution >= 0.6 is 0 Å². The van der Waals surface area contributed by atoms with E-state index < -0.39 is 11.6 Å². The lowest BCUT2D eigenvalue weighted by Crippen LogP contribution is -2.49. The highest BCUT2D eigenvalue weighted by Gasteiger charge is 2.27. The Morgan fingerprint density at radius 2 is 1.97 bits per heavy atom. The SMILES string of the molecule is Fc1cccc(F)c1.O=C(NC1CCCN(C(=O)c2cccn3cncc23)C1)c1cc2c([nH]1)CCOC2. The van der Waals surface area contributed by atoms with Gasteiger partial charge in [-0.15, -0.1) is 0 Å². The first-order valence-electron chi connectivity index (χ1n) is 12.2. The number of hydrogen-bond acceptors (Lipinski definition) is 4. The van der Waals surface area contributed by atoms with Crippen LogP contribution < -0.4 is 5.32 Å². The van der Waals surface area contributed by atoms with Gasteiger partial charge in [-0.1, -0.05) is 6.07 Å². The van der Waals surface area contributed by atoms with Crippen LogP contribution in [0.5, 0.6) is 0 Å². The second-order valence-electron chi connectivity index (χ2n) is 9.10. The molecule has 2 N–H and O–H groups in total.